The van der Waals surface area contributed by atoms with Crippen LogP contribution in [-0.4, -0.2) is 66.5 Å². The third-order valence-electron chi connectivity index (χ3n) is 4.57. The van der Waals surface area contributed by atoms with Gasteiger partial charge in [-0.05, 0) is 24.3 Å². The number of nitrogens with zero attached hydrogens (tertiary/aromatic N) is 1. The molecule has 1 aromatic rings. The molecule has 2 aliphatic rings. The third kappa shape index (κ3) is 4.61. The van der Waals surface area contributed by atoms with E-state index in [1.807, 2.05) is 36.0 Å². The van der Waals surface area contributed by atoms with Crippen molar-refractivity contribution in [3.8, 4) is 0 Å². The second-order valence-electron chi connectivity index (χ2n) is 6.12. The number of amides is 1. The first kappa shape index (κ1) is 18.4. The summed E-state index contributed by atoms with van der Waals surface area (Å²) in [7, 11) is 0. The number of carbonyl (C=O) groups excluding carboxylic acids is 1. The van der Waals surface area contributed by atoms with Crippen molar-refractivity contribution in [3.63, 3.8) is 0 Å². The maximum absolute atomic E-state index is 12.3. The van der Waals surface area contributed by atoms with Crippen LogP contribution in [0, 0.1) is 0 Å². The lowest BCUT2D eigenvalue weighted by Gasteiger charge is -2.43. The summed E-state index contributed by atoms with van der Waals surface area (Å²) >= 11 is 9.61. The summed E-state index contributed by atoms with van der Waals surface area (Å²) in [5, 5.41) is 3.85. The van der Waals surface area contributed by atoms with E-state index in [2.05, 4.69) is 10.2 Å². The fourth-order valence-electron chi connectivity index (χ4n) is 3.15. The molecule has 1 N–H and O–H groups in total. The highest BCUT2D eigenvalue weighted by molar-refractivity contribution is 8.00. The van der Waals surface area contributed by atoms with Crippen LogP contribution in [-0.2, 0) is 9.53 Å². The van der Waals surface area contributed by atoms with Crippen molar-refractivity contribution in [2.24, 2.45) is 0 Å². The van der Waals surface area contributed by atoms with Crippen molar-refractivity contribution < 1.29 is 9.53 Å². The number of morpholine rings is 1. The van der Waals surface area contributed by atoms with Crippen LogP contribution in [0.1, 0.15) is 6.42 Å². The quantitative estimate of drug-likeness (QED) is 0.761. The van der Waals surface area contributed by atoms with Crippen LogP contribution in [0.25, 0.3) is 0 Å². The zero-order chi connectivity index (χ0) is 16.8. The van der Waals surface area contributed by atoms with Gasteiger partial charge in [0.15, 0.2) is 0 Å². The fourth-order valence-corrected chi connectivity index (χ4v) is 5.70. The summed E-state index contributed by atoms with van der Waals surface area (Å²) in [4.78, 5) is 15.7. The van der Waals surface area contributed by atoms with E-state index in [4.69, 9.17) is 16.3 Å². The van der Waals surface area contributed by atoms with Crippen LogP contribution >= 0.6 is 35.1 Å². The second-order valence-corrected chi connectivity index (χ2v) is 8.65. The van der Waals surface area contributed by atoms with Gasteiger partial charge >= 0.3 is 0 Å². The number of carbonyl (C=O) groups is 1. The Morgan fingerprint density at radius 3 is 2.88 bits per heavy atom. The number of hydrogen-bond donors (Lipinski definition) is 1. The van der Waals surface area contributed by atoms with Gasteiger partial charge in [-0.2, -0.15) is 11.8 Å². The Morgan fingerprint density at radius 2 is 2.17 bits per heavy atom. The number of rotatable bonds is 6. The van der Waals surface area contributed by atoms with Crippen molar-refractivity contribution in [2.75, 3.05) is 50.1 Å². The number of thioether (sulfide) groups is 2. The minimum Gasteiger partial charge on any atom is -0.379 e. The lowest BCUT2D eigenvalue weighted by Crippen LogP contribution is -2.59. The predicted molar refractivity (Wildman–Crippen MR) is 102 cm³/mol. The molecule has 2 fully saturated rings. The molecule has 7 heteroatoms. The van der Waals surface area contributed by atoms with Crippen LogP contribution in [0.15, 0.2) is 29.2 Å². The van der Waals surface area contributed by atoms with E-state index >= 15 is 0 Å². The average Bonchev–Trinajstić information content (AvgIpc) is 3.10. The number of ether oxygens (including phenoxy) is 1. The molecule has 0 aliphatic carbocycles. The van der Waals surface area contributed by atoms with Crippen molar-refractivity contribution in [1.29, 1.82) is 0 Å². The fraction of sp³-hybridized carbons (Fsp3) is 0.588. The maximum atomic E-state index is 12.3. The molecule has 0 radical (unpaired) electrons. The highest BCUT2D eigenvalue weighted by Crippen LogP contribution is 2.33. The van der Waals surface area contributed by atoms with Gasteiger partial charge in [-0.25, -0.2) is 0 Å². The van der Waals surface area contributed by atoms with Crippen LogP contribution < -0.4 is 5.32 Å². The Hall–Kier alpha value is -0.400. The molecular formula is C17H23ClN2O2S2. The minimum atomic E-state index is 0.0736. The molecule has 0 spiro atoms. The van der Waals surface area contributed by atoms with Crippen molar-refractivity contribution in [1.82, 2.24) is 10.2 Å². The molecule has 1 unspecified atom stereocenters. The van der Waals surface area contributed by atoms with Gasteiger partial charge in [0.2, 0.25) is 5.91 Å². The summed E-state index contributed by atoms with van der Waals surface area (Å²) in [5.41, 5.74) is 0.0964. The Kier molecular flexibility index (Phi) is 6.75. The van der Waals surface area contributed by atoms with Gasteiger partial charge in [-0.1, -0.05) is 23.7 Å². The third-order valence-corrected chi connectivity index (χ3v) is 7.32. The molecular weight excluding hydrogens is 364 g/mol. The molecule has 0 saturated carbocycles. The van der Waals surface area contributed by atoms with Gasteiger partial charge in [-0.15, -0.1) is 11.8 Å². The van der Waals surface area contributed by atoms with E-state index in [1.165, 1.54) is 17.5 Å². The van der Waals surface area contributed by atoms with Gasteiger partial charge in [0.05, 0.1) is 24.0 Å². The van der Waals surface area contributed by atoms with Crippen molar-refractivity contribution in [3.05, 3.63) is 29.3 Å². The van der Waals surface area contributed by atoms with Crippen LogP contribution in [0.2, 0.25) is 5.02 Å². The van der Waals surface area contributed by atoms with Crippen molar-refractivity contribution >= 4 is 41.0 Å². The summed E-state index contributed by atoms with van der Waals surface area (Å²) in [5.74, 6) is 2.73. The molecule has 0 aromatic heterocycles. The number of benzene rings is 1. The lowest BCUT2D eigenvalue weighted by atomic mass is 9.95. The SMILES string of the molecule is O=C(CSc1ccccc1Cl)NCC1(N2CCOCC2)CCSC1. The maximum Gasteiger partial charge on any atom is 0.230 e. The summed E-state index contributed by atoms with van der Waals surface area (Å²) in [6.07, 6.45) is 1.13. The molecule has 24 heavy (non-hydrogen) atoms. The zero-order valence-electron chi connectivity index (χ0n) is 13.6. The lowest BCUT2D eigenvalue weighted by molar-refractivity contribution is -0.119. The van der Waals surface area contributed by atoms with E-state index in [1.54, 1.807) is 0 Å². The standard InChI is InChI=1S/C17H23ClN2O2S2/c18-14-3-1-2-4-15(14)24-11-16(21)19-12-17(5-10-23-13-17)20-6-8-22-9-7-20/h1-4H,5-13H2,(H,19,21). The van der Waals surface area contributed by atoms with E-state index in [0.717, 1.165) is 49.9 Å². The van der Waals surface area contributed by atoms with Gasteiger partial charge in [-0.3, -0.25) is 9.69 Å². The van der Waals surface area contributed by atoms with E-state index in [0.29, 0.717) is 10.8 Å². The van der Waals surface area contributed by atoms with Gasteiger partial charge in [0.1, 0.15) is 0 Å². The molecule has 2 heterocycles. The molecule has 132 valence electrons. The molecule has 3 rings (SSSR count). The van der Waals surface area contributed by atoms with E-state index in [-0.39, 0.29) is 11.4 Å². The molecule has 1 aromatic carbocycles. The first-order valence-electron chi connectivity index (χ1n) is 8.24. The molecule has 2 saturated heterocycles. The molecule has 2 aliphatic heterocycles. The Morgan fingerprint density at radius 1 is 1.38 bits per heavy atom. The Balaban J connectivity index is 1.51. The van der Waals surface area contributed by atoms with Gasteiger partial charge in [0, 0.05) is 35.8 Å². The molecule has 1 atom stereocenters. The van der Waals surface area contributed by atoms with Crippen LogP contribution in [0.4, 0.5) is 0 Å². The Bertz CT molecular complexity index is 561. The first-order chi connectivity index (χ1) is 11.7. The van der Waals surface area contributed by atoms with Crippen LogP contribution in [0.5, 0.6) is 0 Å². The molecule has 1 amide bonds. The largest absolute Gasteiger partial charge is 0.379 e. The highest BCUT2D eigenvalue weighted by atomic mass is 35.5. The average molecular weight is 387 g/mol. The highest BCUT2D eigenvalue weighted by Gasteiger charge is 2.40. The normalized spacial score (nSPS) is 24.9. The summed E-state index contributed by atoms with van der Waals surface area (Å²) in [6.45, 7) is 4.24. The zero-order valence-corrected chi connectivity index (χ0v) is 16.0. The van der Waals surface area contributed by atoms with E-state index < -0.39 is 0 Å². The number of halogens is 1. The second kappa shape index (κ2) is 8.81. The minimum absolute atomic E-state index is 0.0736. The summed E-state index contributed by atoms with van der Waals surface area (Å²) < 4.78 is 5.48. The Labute approximate surface area is 157 Å². The van der Waals surface area contributed by atoms with Gasteiger partial charge in [0.25, 0.3) is 0 Å². The topological polar surface area (TPSA) is 41.6 Å². The smallest absolute Gasteiger partial charge is 0.230 e. The number of nitrogens with one attached hydrogen (secondary N) is 1. The molecule has 4 nitrogen and oxygen atoms in total. The van der Waals surface area contributed by atoms with Crippen LogP contribution in [0.3, 0.4) is 0 Å². The first-order valence-corrected chi connectivity index (χ1v) is 10.8. The van der Waals surface area contributed by atoms with Crippen molar-refractivity contribution in [2.45, 2.75) is 16.9 Å². The number of hydrogen-bond acceptors (Lipinski definition) is 5. The van der Waals surface area contributed by atoms with Gasteiger partial charge < -0.3 is 10.1 Å². The monoisotopic (exact) mass is 386 g/mol. The predicted octanol–water partition coefficient (Wildman–Crippen LogP) is 2.76. The summed E-state index contributed by atoms with van der Waals surface area (Å²) in [6, 6.07) is 7.64. The van der Waals surface area contributed by atoms with E-state index in [9.17, 15) is 4.79 Å². The molecule has 0 bridgehead atoms.